The second kappa shape index (κ2) is 9.25. The average molecular weight is 349 g/mol. The Labute approximate surface area is 150 Å². The highest BCUT2D eigenvalue weighted by Crippen LogP contribution is 2.24. The summed E-state index contributed by atoms with van der Waals surface area (Å²) in [6.07, 6.45) is 6.49. The van der Waals surface area contributed by atoms with Gasteiger partial charge < -0.3 is 19.4 Å². The summed E-state index contributed by atoms with van der Waals surface area (Å²) in [5.41, 5.74) is 0. The summed E-state index contributed by atoms with van der Waals surface area (Å²) in [6.45, 7) is 7.84. The summed E-state index contributed by atoms with van der Waals surface area (Å²) in [6, 6.07) is 4.07. The fourth-order valence-electron chi connectivity index (χ4n) is 3.81. The van der Waals surface area contributed by atoms with Crippen molar-refractivity contribution in [1.82, 2.24) is 15.1 Å². The Kier molecular flexibility index (Phi) is 6.76. The first-order valence-electron chi connectivity index (χ1n) is 9.66. The molecule has 2 saturated heterocycles. The van der Waals surface area contributed by atoms with E-state index in [1.54, 1.807) is 6.26 Å². The molecule has 1 aromatic heterocycles. The number of carbonyl (C=O) groups is 1. The summed E-state index contributed by atoms with van der Waals surface area (Å²) < 4.78 is 11.1. The average Bonchev–Trinajstić information content (AvgIpc) is 3.35. The van der Waals surface area contributed by atoms with Gasteiger partial charge in [-0.3, -0.25) is 4.90 Å². The van der Waals surface area contributed by atoms with Crippen LogP contribution in [0.25, 0.3) is 0 Å². The van der Waals surface area contributed by atoms with Gasteiger partial charge in [-0.1, -0.05) is 6.42 Å². The second-order valence-electron chi connectivity index (χ2n) is 7.08. The molecule has 2 aliphatic heterocycles. The molecule has 2 amide bonds. The van der Waals surface area contributed by atoms with Crippen molar-refractivity contribution >= 4 is 6.03 Å². The van der Waals surface area contributed by atoms with Crippen molar-refractivity contribution in [3.63, 3.8) is 0 Å². The van der Waals surface area contributed by atoms with Gasteiger partial charge >= 0.3 is 6.03 Å². The number of likely N-dealkylation sites (tertiary alicyclic amines) is 1. The fraction of sp³-hybridized carbons (Fsp3) is 0.737. The van der Waals surface area contributed by atoms with E-state index in [9.17, 15) is 4.79 Å². The molecule has 0 aromatic carbocycles. The maximum atomic E-state index is 12.6. The van der Waals surface area contributed by atoms with Crippen LogP contribution in [0.5, 0.6) is 0 Å². The zero-order chi connectivity index (χ0) is 17.5. The normalized spacial score (nSPS) is 22.7. The summed E-state index contributed by atoms with van der Waals surface area (Å²) in [4.78, 5) is 17.0. The lowest BCUT2D eigenvalue weighted by atomic mass is 10.1. The van der Waals surface area contributed by atoms with Gasteiger partial charge in [-0.2, -0.15) is 0 Å². The first-order chi connectivity index (χ1) is 12.3. The predicted molar refractivity (Wildman–Crippen MR) is 96.4 cm³/mol. The van der Waals surface area contributed by atoms with E-state index < -0.39 is 0 Å². The van der Waals surface area contributed by atoms with E-state index in [-0.39, 0.29) is 12.1 Å². The van der Waals surface area contributed by atoms with Crippen LogP contribution in [0.3, 0.4) is 0 Å². The topological polar surface area (TPSA) is 58.0 Å². The number of amides is 2. The van der Waals surface area contributed by atoms with E-state index in [1.807, 2.05) is 24.0 Å². The molecule has 2 fully saturated rings. The Morgan fingerprint density at radius 2 is 2.24 bits per heavy atom. The fourth-order valence-corrected chi connectivity index (χ4v) is 3.81. The van der Waals surface area contributed by atoms with Gasteiger partial charge in [0.1, 0.15) is 5.76 Å². The van der Waals surface area contributed by atoms with E-state index >= 15 is 0 Å². The third-order valence-electron chi connectivity index (χ3n) is 5.32. The molecule has 2 aliphatic rings. The summed E-state index contributed by atoms with van der Waals surface area (Å²) >= 11 is 0. The van der Waals surface area contributed by atoms with Gasteiger partial charge in [-0.25, -0.2) is 4.79 Å². The van der Waals surface area contributed by atoms with Gasteiger partial charge in [0.15, 0.2) is 0 Å². The number of carbonyl (C=O) groups excluding carboxylic acids is 1. The molecule has 0 radical (unpaired) electrons. The second-order valence-corrected chi connectivity index (χ2v) is 7.08. The summed E-state index contributed by atoms with van der Waals surface area (Å²) in [5, 5.41) is 3.14. The first kappa shape index (κ1) is 18.3. The van der Waals surface area contributed by atoms with Crippen LogP contribution >= 0.6 is 0 Å². The van der Waals surface area contributed by atoms with Gasteiger partial charge in [-0.15, -0.1) is 0 Å². The third kappa shape index (κ3) is 4.98. The van der Waals surface area contributed by atoms with E-state index in [1.165, 1.54) is 19.3 Å². The third-order valence-corrected chi connectivity index (χ3v) is 5.32. The Morgan fingerprint density at radius 1 is 1.40 bits per heavy atom. The van der Waals surface area contributed by atoms with Gasteiger partial charge in [-0.05, 0) is 51.4 Å². The molecule has 2 unspecified atom stereocenters. The van der Waals surface area contributed by atoms with Crippen LogP contribution in [0, 0.1) is 5.92 Å². The molecule has 25 heavy (non-hydrogen) atoms. The number of hydrogen-bond donors (Lipinski definition) is 1. The first-order valence-corrected chi connectivity index (χ1v) is 9.66. The quantitative estimate of drug-likeness (QED) is 0.822. The lowest BCUT2D eigenvalue weighted by molar-refractivity contribution is 0.137. The molecule has 0 aliphatic carbocycles. The maximum absolute atomic E-state index is 12.6. The van der Waals surface area contributed by atoms with Crippen molar-refractivity contribution in [3.8, 4) is 0 Å². The molecule has 3 heterocycles. The van der Waals surface area contributed by atoms with Gasteiger partial charge in [0.05, 0.1) is 18.9 Å². The molecule has 0 spiro atoms. The molecule has 6 nitrogen and oxygen atoms in total. The van der Waals surface area contributed by atoms with Crippen LogP contribution in [0.1, 0.15) is 44.4 Å². The van der Waals surface area contributed by atoms with Crippen LogP contribution in [0.4, 0.5) is 4.79 Å². The Bertz CT molecular complexity index is 508. The molecule has 2 atom stereocenters. The monoisotopic (exact) mass is 349 g/mol. The molecule has 0 bridgehead atoms. The van der Waals surface area contributed by atoms with Crippen LogP contribution in [0.15, 0.2) is 22.8 Å². The Morgan fingerprint density at radius 3 is 2.88 bits per heavy atom. The lowest BCUT2D eigenvalue weighted by Gasteiger charge is -2.34. The number of urea groups is 1. The zero-order valence-electron chi connectivity index (χ0n) is 15.3. The number of ether oxygens (including phenoxy) is 1. The van der Waals surface area contributed by atoms with Crippen LogP contribution in [-0.4, -0.2) is 61.8 Å². The van der Waals surface area contributed by atoms with Gasteiger partial charge in [0, 0.05) is 32.2 Å². The molecule has 3 rings (SSSR count). The lowest BCUT2D eigenvalue weighted by Crippen LogP contribution is -2.46. The van der Waals surface area contributed by atoms with Crippen molar-refractivity contribution in [2.45, 2.75) is 38.6 Å². The molecular formula is C19H31N3O3. The molecule has 1 N–H and O–H groups in total. The van der Waals surface area contributed by atoms with E-state index in [4.69, 9.17) is 9.15 Å². The zero-order valence-corrected chi connectivity index (χ0v) is 15.3. The number of nitrogens with one attached hydrogen (secondary N) is 1. The minimum Gasteiger partial charge on any atom is -0.468 e. The number of nitrogens with zero attached hydrogens (tertiary/aromatic N) is 2. The predicted octanol–water partition coefficient (Wildman–Crippen LogP) is 2.87. The standard InChI is InChI=1S/C19H31N3O3/c1-2-21(14-16-8-12-24-15-16)19(23)20-13-17(18-7-6-11-25-18)22-9-4-3-5-10-22/h6-7,11,16-17H,2-5,8-10,12-15H2,1H3,(H,20,23). The van der Waals surface area contributed by atoms with E-state index in [0.717, 1.165) is 51.6 Å². The van der Waals surface area contributed by atoms with Gasteiger partial charge in [0.2, 0.25) is 0 Å². The molecule has 0 saturated carbocycles. The number of rotatable bonds is 7. The smallest absolute Gasteiger partial charge is 0.317 e. The molecular weight excluding hydrogens is 318 g/mol. The van der Waals surface area contributed by atoms with Crippen molar-refractivity contribution in [3.05, 3.63) is 24.2 Å². The SMILES string of the molecule is CCN(CC1CCOC1)C(=O)NCC(c1ccco1)N1CCCCC1. The summed E-state index contributed by atoms with van der Waals surface area (Å²) in [7, 11) is 0. The number of hydrogen-bond acceptors (Lipinski definition) is 4. The van der Waals surface area contributed by atoms with E-state index in [2.05, 4.69) is 10.2 Å². The van der Waals surface area contributed by atoms with Crippen molar-refractivity contribution < 1.29 is 13.9 Å². The molecule has 140 valence electrons. The van der Waals surface area contributed by atoms with Crippen LogP contribution in [-0.2, 0) is 4.74 Å². The van der Waals surface area contributed by atoms with Crippen LogP contribution in [0.2, 0.25) is 0 Å². The largest absolute Gasteiger partial charge is 0.468 e. The van der Waals surface area contributed by atoms with Gasteiger partial charge in [0.25, 0.3) is 0 Å². The number of furan rings is 1. The van der Waals surface area contributed by atoms with Crippen molar-refractivity contribution in [1.29, 1.82) is 0 Å². The van der Waals surface area contributed by atoms with Crippen molar-refractivity contribution in [2.75, 3.05) is 45.9 Å². The minimum atomic E-state index is 0.0166. The van der Waals surface area contributed by atoms with Crippen LogP contribution < -0.4 is 5.32 Å². The highest BCUT2D eigenvalue weighted by atomic mass is 16.5. The highest BCUT2D eigenvalue weighted by molar-refractivity contribution is 5.74. The molecule has 6 heteroatoms. The number of piperidine rings is 1. The highest BCUT2D eigenvalue weighted by Gasteiger charge is 2.26. The minimum absolute atomic E-state index is 0.0166. The maximum Gasteiger partial charge on any atom is 0.317 e. The Hall–Kier alpha value is -1.53. The van der Waals surface area contributed by atoms with Crippen molar-refractivity contribution in [2.24, 2.45) is 5.92 Å². The molecule has 1 aromatic rings. The van der Waals surface area contributed by atoms with E-state index in [0.29, 0.717) is 12.5 Å². The Balaban J connectivity index is 1.56. The summed E-state index contributed by atoms with van der Waals surface area (Å²) in [5.74, 6) is 1.41.